The van der Waals surface area contributed by atoms with Crippen LogP contribution in [0.25, 0.3) is 0 Å². The van der Waals surface area contributed by atoms with E-state index in [0.717, 1.165) is 12.3 Å². The zero-order chi connectivity index (χ0) is 7.98. The average Bonchev–Trinajstić information content (AvgIpc) is 1.85. The lowest BCUT2D eigenvalue weighted by molar-refractivity contribution is -0.118. The van der Waals surface area contributed by atoms with E-state index in [4.69, 9.17) is 0 Å². The van der Waals surface area contributed by atoms with Gasteiger partial charge in [0.05, 0.1) is 0 Å². The number of carbonyl (C=O) groups is 1. The summed E-state index contributed by atoms with van der Waals surface area (Å²) in [5.74, 6) is 1.17. The summed E-state index contributed by atoms with van der Waals surface area (Å²) in [5, 5.41) is 3.31. The summed E-state index contributed by atoms with van der Waals surface area (Å²) < 4.78 is 0. The van der Waals surface area contributed by atoms with Crippen molar-refractivity contribution in [1.82, 2.24) is 5.32 Å². The molecule has 0 rings (SSSR count). The molecule has 0 aliphatic heterocycles. The van der Waals surface area contributed by atoms with E-state index < -0.39 is 0 Å². The van der Waals surface area contributed by atoms with Gasteiger partial charge in [0.2, 0.25) is 5.91 Å². The largest absolute Gasteiger partial charge is 0.355 e. The molecule has 10 heavy (non-hydrogen) atoms. The normalized spacial score (nSPS) is 12.7. The predicted molar refractivity (Wildman–Crippen MR) is 46.3 cm³/mol. The van der Waals surface area contributed by atoms with Gasteiger partial charge in [0, 0.05) is 18.7 Å². The molecule has 0 heterocycles. The predicted octanol–water partition coefficient (Wildman–Crippen LogP) is 1.26. The minimum atomic E-state index is 0.0588. The van der Waals surface area contributed by atoms with Crippen molar-refractivity contribution in [2.24, 2.45) is 0 Å². The monoisotopic (exact) mass is 161 g/mol. The van der Waals surface area contributed by atoms with Crippen LogP contribution in [0.15, 0.2) is 0 Å². The van der Waals surface area contributed by atoms with Gasteiger partial charge in [-0.1, -0.05) is 13.8 Å². The number of carbonyl (C=O) groups excluding carboxylic acids is 1. The van der Waals surface area contributed by atoms with E-state index >= 15 is 0 Å². The minimum absolute atomic E-state index is 0.0588. The first kappa shape index (κ1) is 9.82. The summed E-state index contributed by atoms with van der Waals surface area (Å²) in [7, 11) is 0. The number of rotatable bonds is 4. The molecule has 0 aromatic heterocycles. The maximum absolute atomic E-state index is 10.4. The SMILES string of the molecule is CCSC(C)CNC(C)=O. The van der Waals surface area contributed by atoms with Crippen molar-refractivity contribution < 1.29 is 4.79 Å². The molecule has 1 amide bonds. The fourth-order valence-electron chi connectivity index (χ4n) is 0.631. The molecule has 1 atom stereocenters. The van der Waals surface area contributed by atoms with E-state index in [-0.39, 0.29) is 5.91 Å². The summed E-state index contributed by atoms with van der Waals surface area (Å²) in [4.78, 5) is 10.4. The maximum Gasteiger partial charge on any atom is 0.216 e. The number of nitrogens with one attached hydrogen (secondary N) is 1. The van der Waals surface area contributed by atoms with Gasteiger partial charge in [0.15, 0.2) is 0 Å². The number of hydrogen-bond donors (Lipinski definition) is 1. The van der Waals surface area contributed by atoms with Gasteiger partial charge in [-0.25, -0.2) is 0 Å². The van der Waals surface area contributed by atoms with E-state index in [1.165, 1.54) is 0 Å². The highest BCUT2D eigenvalue weighted by Gasteiger charge is 1.99. The molecule has 0 aliphatic carbocycles. The number of amides is 1. The molecular weight excluding hydrogens is 146 g/mol. The van der Waals surface area contributed by atoms with Gasteiger partial charge in [0.25, 0.3) is 0 Å². The number of thioether (sulfide) groups is 1. The highest BCUT2D eigenvalue weighted by molar-refractivity contribution is 7.99. The smallest absolute Gasteiger partial charge is 0.216 e. The lowest BCUT2D eigenvalue weighted by Gasteiger charge is -2.08. The first-order chi connectivity index (χ1) is 4.66. The van der Waals surface area contributed by atoms with E-state index in [0.29, 0.717) is 5.25 Å². The van der Waals surface area contributed by atoms with Gasteiger partial charge in [-0.05, 0) is 5.75 Å². The third-order valence-electron chi connectivity index (χ3n) is 1.09. The molecule has 3 heteroatoms. The highest BCUT2D eigenvalue weighted by atomic mass is 32.2. The molecule has 0 saturated heterocycles. The van der Waals surface area contributed by atoms with Crippen LogP contribution < -0.4 is 5.32 Å². The van der Waals surface area contributed by atoms with Crippen LogP contribution in [0.5, 0.6) is 0 Å². The third-order valence-corrected chi connectivity index (χ3v) is 2.16. The van der Waals surface area contributed by atoms with Crippen LogP contribution in [-0.4, -0.2) is 23.5 Å². The Hall–Kier alpha value is -0.180. The lowest BCUT2D eigenvalue weighted by Crippen LogP contribution is -2.26. The topological polar surface area (TPSA) is 29.1 Å². The van der Waals surface area contributed by atoms with Crippen molar-refractivity contribution in [1.29, 1.82) is 0 Å². The first-order valence-electron chi connectivity index (χ1n) is 3.52. The van der Waals surface area contributed by atoms with Crippen LogP contribution >= 0.6 is 11.8 Å². The van der Waals surface area contributed by atoms with Crippen molar-refractivity contribution >= 4 is 17.7 Å². The van der Waals surface area contributed by atoms with Gasteiger partial charge < -0.3 is 5.32 Å². The van der Waals surface area contributed by atoms with Gasteiger partial charge in [-0.2, -0.15) is 11.8 Å². The maximum atomic E-state index is 10.4. The Balaban J connectivity index is 3.21. The molecule has 0 aliphatic rings. The van der Waals surface area contributed by atoms with Crippen LogP contribution in [0.3, 0.4) is 0 Å². The molecule has 0 radical (unpaired) electrons. The Morgan fingerprint density at radius 2 is 2.30 bits per heavy atom. The molecule has 0 saturated carbocycles. The zero-order valence-corrected chi connectivity index (χ0v) is 7.62. The Morgan fingerprint density at radius 3 is 2.70 bits per heavy atom. The molecule has 2 nitrogen and oxygen atoms in total. The first-order valence-corrected chi connectivity index (χ1v) is 4.57. The second-order valence-electron chi connectivity index (χ2n) is 2.20. The van der Waals surface area contributed by atoms with Gasteiger partial charge in [-0.3, -0.25) is 4.79 Å². The van der Waals surface area contributed by atoms with Gasteiger partial charge in [0.1, 0.15) is 0 Å². The van der Waals surface area contributed by atoms with Crippen molar-refractivity contribution in [3.63, 3.8) is 0 Å². The van der Waals surface area contributed by atoms with E-state index in [1.54, 1.807) is 6.92 Å². The van der Waals surface area contributed by atoms with Gasteiger partial charge in [-0.15, -0.1) is 0 Å². The van der Waals surface area contributed by atoms with Crippen molar-refractivity contribution in [2.75, 3.05) is 12.3 Å². The molecule has 0 aromatic rings. The third kappa shape index (κ3) is 5.95. The molecule has 1 N–H and O–H groups in total. The molecule has 0 spiro atoms. The van der Waals surface area contributed by atoms with Crippen LogP contribution in [0, 0.1) is 0 Å². The molecule has 60 valence electrons. The fraction of sp³-hybridized carbons (Fsp3) is 0.857. The standard InChI is InChI=1S/C7H15NOS/c1-4-10-6(2)5-8-7(3)9/h6H,4-5H2,1-3H3,(H,8,9). The summed E-state index contributed by atoms with van der Waals surface area (Å²) in [6.45, 7) is 6.57. The van der Waals surface area contributed by atoms with Gasteiger partial charge >= 0.3 is 0 Å². The van der Waals surface area contributed by atoms with E-state index in [9.17, 15) is 4.79 Å². The molecule has 1 unspecified atom stereocenters. The average molecular weight is 161 g/mol. The summed E-state index contributed by atoms with van der Waals surface area (Å²) in [5.41, 5.74) is 0. The highest BCUT2D eigenvalue weighted by Crippen LogP contribution is 2.07. The summed E-state index contributed by atoms with van der Waals surface area (Å²) in [6, 6.07) is 0. The van der Waals surface area contributed by atoms with Crippen molar-refractivity contribution in [2.45, 2.75) is 26.0 Å². The van der Waals surface area contributed by atoms with E-state index in [2.05, 4.69) is 19.2 Å². The van der Waals surface area contributed by atoms with Crippen LogP contribution in [0.2, 0.25) is 0 Å². The van der Waals surface area contributed by atoms with Crippen LogP contribution in [-0.2, 0) is 4.79 Å². The lowest BCUT2D eigenvalue weighted by atomic mass is 10.4. The quantitative estimate of drug-likeness (QED) is 0.672. The fourth-order valence-corrected chi connectivity index (χ4v) is 1.40. The zero-order valence-electron chi connectivity index (χ0n) is 6.81. The molecule has 0 fully saturated rings. The van der Waals surface area contributed by atoms with E-state index in [1.807, 2.05) is 11.8 Å². The minimum Gasteiger partial charge on any atom is -0.355 e. The Labute approximate surface area is 66.8 Å². The second-order valence-corrected chi connectivity index (χ2v) is 3.92. The Kier molecular flexibility index (Phi) is 5.49. The summed E-state index contributed by atoms with van der Waals surface area (Å²) >= 11 is 1.86. The Bertz CT molecular complexity index is 106. The van der Waals surface area contributed by atoms with Crippen molar-refractivity contribution in [3.8, 4) is 0 Å². The van der Waals surface area contributed by atoms with Crippen molar-refractivity contribution in [3.05, 3.63) is 0 Å². The molecule has 0 bridgehead atoms. The second kappa shape index (κ2) is 5.59. The molecular formula is C7H15NOS. The Morgan fingerprint density at radius 1 is 1.70 bits per heavy atom. The number of hydrogen-bond acceptors (Lipinski definition) is 2. The summed E-state index contributed by atoms with van der Waals surface area (Å²) in [6.07, 6.45) is 0. The van der Waals surface area contributed by atoms with Crippen LogP contribution in [0.1, 0.15) is 20.8 Å². The van der Waals surface area contributed by atoms with Crippen LogP contribution in [0.4, 0.5) is 0 Å². The molecule has 0 aromatic carbocycles.